The van der Waals surface area contributed by atoms with Gasteiger partial charge in [0.15, 0.2) is 0 Å². The monoisotopic (exact) mass is 786 g/mol. The van der Waals surface area contributed by atoms with Crippen molar-refractivity contribution in [3.05, 3.63) is 109 Å². The fourth-order valence-corrected chi connectivity index (χ4v) is 18.7. The van der Waals surface area contributed by atoms with Gasteiger partial charge in [0.1, 0.15) is 0 Å². The molecule has 1 unspecified atom stereocenters. The molecule has 264 valence electrons. The van der Waals surface area contributed by atoms with Crippen LogP contribution in [0.5, 0.6) is 0 Å². The smallest absolute Gasteiger partial charge is 1.00 e. The fourth-order valence-electron chi connectivity index (χ4n) is 11.0. The fraction of sp³-hybridized carbons (Fsp3) is 0.500. The van der Waals surface area contributed by atoms with Gasteiger partial charge in [-0.05, 0) is 0 Å². The van der Waals surface area contributed by atoms with Crippen molar-refractivity contribution in [3.63, 3.8) is 0 Å². The molecule has 0 heterocycles. The summed E-state index contributed by atoms with van der Waals surface area (Å²) in [6.45, 7) is 19.1. The first-order valence-electron chi connectivity index (χ1n) is 18.9. The van der Waals surface area contributed by atoms with Crippen LogP contribution in [0.4, 0.5) is 4.39 Å². The molecule has 0 aliphatic heterocycles. The summed E-state index contributed by atoms with van der Waals surface area (Å²) in [4.78, 5) is 0. The normalized spacial score (nSPS) is 26.4. The third-order valence-electron chi connectivity index (χ3n) is 13.0. The Morgan fingerprint density at radius 3 is 1.94 bits per heavy atom. The standard InChI is InChI=1S/C21H25.C18H25.C7H5F.2ClH.Zr/c1-20(2,3)16-9-7-14-11-15-8-10-17(21(4,5)6)13-19(15)18(14)12-16;1-12-3-13(2)17(4-12)11-18-8-14-5-15(9-18)7-16(6-14)10-18;1-6-2-4-7(8)5-3-6;;;/h7,9-10,12-13H,11H2,1-6H3;4,12,14-16H,5-11H2,1-2H3;1-5H;2*1H;/q;;;;;+2/p-2. The Morgan fingerprint density at radius 1 is 0.780 bits per heavy atom. The van der Waals surface area contributed by atoms with Crippen LogP contribution < -0.4 is 28.1 Å². The Hall–Kier alpha value is -1.60. The zero-order valence-electron chi connectivity index (χ0n) is 31.5. The van der Waals surface area contributed by atoms with Crippen molar-refractivity contribution in [2.75, 3.05) is 0 Å². The average molecular weight is 789 g/mol. The molecule has 6 aliphatic rings. The summed E-state index contributed by atoms with van der Waals surface area (Å²) in [6, 6.07) is 19.8. The Morgan fingerprint density at radius 2 is 1.36 bits per heavy atom. The number of halogens is 3. The van der Waals surface area contributed by atoms with E-state index in [1.807, 2.05) is 12.1 Å². The Kier molecular flexibility index (Phi) is 10.4. The van der Waals surface area contributed by atoms with E-state index >= 15 is 0 Å². The predicted molar refractivity (Wildman–Crippen MR) is 198 cm³/mol. The molecule has 6 aliphatic carbocycles. The molecule has 0 nitrogen and oxygen atoms in total. The van der Waals surface area contributed by atoms with Crippen LogP contribution in [0.1, 0.15) is 128 Å². The van der Waals surface area contributed by atoms with Crippen LogP contribution in [0.2, 0.25) is 0 Å². The van der Waals surface area contributed by atoms with Gasteiger partial charge in [-0.3, -0.25) is 0 Å². The van der Waals surface area contributed by atoms with Crippen molar-refractivity contribution < 1.29 is 50.5 Å². The summed E-state index contributed by atoms with van der Waals surface area (Å²) < 4.78 is 20.2. The average Bonchev–Trinajstić information content (AvgIpc) is 3.50. The van der Waals surface area contributed by atoms with E-state index in [1.165, 1.54) is 78.3 Å². The van der Waals surface area contributed by atoms with E-state index in [2.05, 4.69) is 95.5 Å². The quantitative estimate of drug-likeness (QED) is 0.249. The summed E-state index contributed by atoms with van der Waals surface area (Å²) in [6.07, 6.45) is 13.9. The second-order valence-electron chi connectivity index (χ2n) is 18.8. The zero-order chi connectivity index (χ0) is 33.7. The summed E-state index contributed by atoms with van der Waals surface area (Å²) in [5.74, 6) is 3.27. The molecule has 3 aromatic carbocycles. The maximum Gasteiger partial charge on any atom is -1.00 e. The topological polar surface area (TPSA) is 0 Å². The molecule has 50 heavy (non-hydrogen) atoms. The molecule has 3 aromatic rings. The third kappa shape index (κ3) is 6.94. The van der Waals surface area contributed by atoms with Gasteiger partial charge in [0.05, 0.1) is 0 Å². The Balaban J connectivity index is 0.00000216. The molecule has 1 atom stereocenters. The number of benzene rings is 3. The molecule has 4 saturated carbocycles. The molecule has 4 bridgehead atoms. The second kappa shape index (κ2) is 13.7. The summed E-state index contributed by atoms with van der Waals surface area (Å²) >= 11 is -2.71. The van der Waals surface area contributed by atoms with Gasteiger partial charge < -0.3 is 24.8 Å². The van der Waals surface area contributed by atoms with Crippen LogP contribution in [-0.4, -0.2) is 3.71 Å². The minimum atomic E-state index is -2.71. The number of rotatable bonds is 5. The van der Waals surface area contributed by atoms with Crippen LogP contribution in [0, 0.1) is 34.9 Å². The van der Waals surface area contributed by atoms with E-state index < -0.39 is 21.3 Å². The molecule has 4 fully saturated rings. The first-order valence-corrected chi connectivity index (χ1v) is 22.7. The SMILES string of the molecule is CC1=[C](/[Zr+2](=[CH]/c2ccc(F)cc2)[c]2cc(C(C)(C)C)cc3c2Cc2ccc(C(C)(C)C)cc2-3)C(C)C=C1CC12CC3CC(CC(C3)C1)C2.[Cl-].[Cl-]. The number of fused-ring (bicyclic) bond motifs is 3. The van der Waals surface area contributed by atoms with Crippen LogP contribution in [0.15, 0.2) is 75.1 Å². The van der Waals surface area contributed by atoms with Gasteiger partial charge in [-0.25, -0.2) is 0 Å². The number of hydrogen-bond acceptors (Lipinski definition) is 0. The molecule has 0 aromatic heterocycles. The Bertz CT molecular complexity index is 1860. The largest absolute Gasteiger partial charge is 1.00 e. The molecular weight excluding hydrogens is 734 g/mol. The van der Waals surface area contributed by atoms with Crippen LogP contribution in [-0.2, 0) is 38.5 Å². The van der Waals surface area contributed by atoms with E-state index in [0.717, 1.165) is 24.2 Å². The van der Waals surface area contributed by atoms with Gasteiger partial charge in [-0.1, -0.05) is 0 Å². The summed E-state index contributed by atoms with van der Waals surface area (Å²) in [5.41, 5.74) is 14.0. The van der Waals surface area contributed by atoms with Gasteiger partial charge in [-0.2, -0.15) is 0 Å². The molecule has 0 saturated heterocycles. The minimum Gasteiger partial charge on any atom is -1.00 e. The third-order valence-corrected chi connectivity index (χ3v) is 20.6. The molecular formula is C46H55Cl2FZr. The molecule has 0 radical (unpaired) electrons. The van der Waals surface area contributed by atoms with Crippen molar-refractivity contribution in [3.8, 4) is 11.1 Å². The van der Waals surface area contributed by atoms with Gasteiger partial charge in [-0.15, -0.1) is 0 Å². The van der Waals surface area contributed by atoms with Crippen molar-refractivity contribution >= 4 is 6.98 Å². The number of allylic oxidation sites excluding steroid dienone is 4. The zero-order valence-corrected chi connectivity index (χ0v) is 35.4. The maximum atomic E-state index is 14.2. The molecule has 0 amide bonds. The molecule has 0 spiro atoms. The van der Waals surface area contributed by atoms with Crippen LogP contribution in [0.25, 0.3) is 11.1 Å². The van der Waals surface area contributed by atoms with Crippen LogP contribution >= 0.6 is 0 Å². The van der Waals surface area contributed by atoms with Gasteiger partial charge in [0.25, 0.3) is 0 Å². The molecule has 4 heteroatoms. The van der Waals surface area contributed by atoms with Crippen molar-refractivity contribution in [2.45, 2.75) is 118 Å². The van der Waals surface area contributed by atoms with Crippen molar-refractivity contribution in [1.82, 2.24) is 0 Å². The molecule has 0 N–H and O–H groups in total. The molecule has 9 rings (SSSR count). The van der Waals surface area contributed by atoms with Gasteiger partial charge in [0, 0.05) is 0 Å². The summed E-state index contributed by atoms with van der Waals surface area (Å²) in [7, 11) is 0. The van der Waals surface area contributed by atoms with Crippen LogP contribution in [0.3, 0.4) is 0 Å². The minimum absolute atomic E-state index is 0. The predicted octanol–water partition coefficient (Wildman–Crippen LogP) is 5.55. The second-order valence-corrected chi connectivity index (χ2v) is 24.2. The Labute approximate surface area is 321 Å². The maximum absolute atomic E-state index is 14.2. The van der Waals surface area contributed by atoms with Crippen molar-refractivity contribution in [1.29, 1.82) is 0 Å². The van der Waals surface area contributed by atoms with Gasteiger partial charge >= 0.3 is 299 Å². The summed E-state index contributed by atoms with van der Waals surface area (Å²) in [5, 5.41) is 0. The van der Waals surface area contributed by atoms with E-state index in [9.17, 15) is 4.39 Å². The first kappa shape index (κ1) is 38.1. The van der Waals surface area contributed by atoms with E-state index in [0.29, 0.717) is 11.3 Å². The van der Waals surface area contributed by atoms with E-state index in [1.54, 1.807) is 35.4 Å². The van der Waals surface area contributed by atoms with Gasteiger partial charge in [0.2, 0.25) is 0 Å². The first-order chi connectivity index (χ1) is 22.7. The van der Waals surface area contributed by atoms with Crippen molar-refractivity contribution in [2.24, 2.45) is 29.1 Å². The number of hydrogen-bond donors (Lipinski definition) is 0. The van der Waals surface area contributed by atoms with E-state index in [4.69, 9.17) is 0 Å². The van der Waals surface area contributed by atoms with E-state index in [-0.39, 0.29) is 41.5 Å².